The first kappa shape index (κ1) is 12.2. The van der Waals surface area contributed by atoms with E-state index >= 15 is 0 Å². The van der Waals surface area contributed by atoms with Crippen LogP contribution in [0.4, 0.5) is 0 Å². The maximum atomic E-state index is 12.4. The minimum absolute atomic E-state index is 0.153. The van der Waals surface area contributed by atoms with Crippen LogP contribution in [0.3, 0.4) is 0 Å². The zero-order valence-electron chi connectivity index (χ0n) is 11.1. The summed E-state index contributed by atoms with van der Waals surface area (Å²) in [6.45, 7) is 5.23. The van der Waals surface area contributed by atoms with Crippen molar-refractivity contribution in [2.75, 3.05) is 26.2 Å². The highest BCUT2D eigenvalue weighted by molar-refractivity contribution is 5.85. The molecule has 3 rings (SSSR count). The molecule has 4 nitrogen and oxygen atoms in total. The average Bonchev–Trinajstić information content (AvgIpc) is 2.90. The van der Waals surface area contributed by atoms with Crippen molar-refractivity contribution >= 4 is 16.9 Å². The van der Waals surface area contributed by atoms with Gasteiger partial charge in [0.25, 0.3) is 0 Å². The number of fused-ring (bicyclic) bond motifs is 1. The van der Waals surface area contributed by atoms with Crippen LogP contribution in [0, 0.1) is 0 Å². The van der Waals surface area contributed by atoms with E-state index in [9.17, 15) is 4.79 Å². The molecule has 1 saturated heterocycles. The second-order valence-corrected chi connectivity index (χ2v) is 4.98. The second kappa shape index (κ2) is 5.05. The molecular formula is C15H18N2O2. The number of nitrogens with zero attached hydrogens (tertiary/aromatic N) is 1. The third-order valence-corrected chi connectivity index (χ3v) is 3.67. The molecule has 1 unspecified atom stereocenters. The molecule has 4 heteroatoms. The molecule has 2 aromatic rings. The molecule has 2 heterocycles. The van der Waals surface area contributed by atoms with Gasteiger partial charge >= 0.3 is 0 Å². The van der Waals surface area contributed by atoms with Gasteiger partial charge in [0.05, 0.1) is 5.92 Å². The molecule has 1 aliphatic heterocycles. The van der Waals surface area contributed by atoms with Gasteiger partial charge in [-0.2, -0.15) is 0 Å². The van der Waals surface area contributed by atoms with Crippen molar-refractivity contribution in [3.8, 4) is 0 Å². The number of para-hydroxylation sites is 1. The highest BCUT2D eigenvalue weighted by atomic mass is 16.3. The van der Waals surface area contributed by atoms with Crippen LogP contribution in [0.5, 0.6) is 0 Å². The van der Waals surface area contributed by atoms with Gasteiger partial charge in [-0.05, 0) is 19.1 Å². The van der Waals surface area contributed by atoms with Gasteiger partial charge in [-0.15, -0.1) is 0 Å². The quantitative estimate of drug-likeness (QED) is 0.895. The van der Waals surface area contributed by atoms with E-state index in [1.54, 1.807) is 0 Å². The number of nitrogens with one attached hydrogen (secondary N) is 1. The molecule has 1 aliphatic rings. The zero-order valence-corrected chi connectivity index (χ0v) is 11.1. The molecule has 0 aliphatic carbocycles. The van der Waals surface area contributed by atoms with Crippen molar-refractivity contribution in [3.63, 3.8) is 0 Å². The molecule has 0 radical (unpaired) electrons. The van der Waals surface area contributed by atoms with Gasteiger partial charge in [-0.1, -0.05) is 18.2 Å². The second-order valence-electron chi connectivity index (χ2n) is 4.98. The van der Waals surface area contributed by atoms with Crippen molar-refractivity contribution in [3.05, 3.63) is 36.1 Å². The summed E-state index contributed by atoms with van der Waals surface area (Å²) in [6.07, 6.45) is 0. The number of hydrogen-bond donors (Lipinski definition) is 1. The van der Waals surface area contributed by atoms with Crippen LogP contribution in [0.1, 0.15) is 18.6 Å². The van der Waals surface area contributed by atoms with Crippen LogP contribution < -0.4 is 5.32 Å². The summed E-state index contributed by atoms with van der Waals surface area (Å²) < 4.78 is 5.78. The standard InChI is InChI=1S/C15H18N2O2/c1-11(15(18)17-8-6-16-7-9-17)14-10-12-4-2-3-5-13(12)19-14/h2-5,10-11,16H,6-9H2,1H3. The molecule has 1 fully saturated rings. The van der Waals surface area contributed by atoms with E-state index in [0.717, 1.165) is 42.9 Å². The zero-order chi connectivity index (χ0) is 13.2. The predicted octanol–water partition coefficient (Wildman–Crippen LogP) is 1.97. The van der Waals surface area contributed by atoms with Crippen LogP contribution in [0.25, 0.3) is 11.0 Å². The Balaban J connectivity index is 1.82. The van der Waals surface area contributed by atoms with Gasteiger partial charge < -0.3 is 14.6 Å². The third-order valence-electron chi connectivity index (χ3n) is 3.67. The van der Waals surface area contributed by atoms with Crippen molar-refractivity contribution in [2.24, 2.45) is 0 Å². The first-order chi connectivity index (χ1) is 9.25. The fraction of sp³-hybridized carbons (Fsp3) is 0.400. The molecule has 1 aromatic carbocycles. The lowest BCUT2D eigenvalue weighted by Crippen LogP contribution is -2.47. The van der Waals surface area contributed by atoms with E-state index in [1.807, 2.05) is 42.2 Å². The van der Waals surface area contributed by atoms with E-state index in [1.165, 1.54) is 0 Å². The first-order valence-corrected chi connectivity index (χ1v) is 6.73. The Bertz CT molecular complexity index is 552. The minimum atomic E-state index is -0.217. The Morgan fingerprint density at radius 2 is 2.05 bits per heavy atom. The minimum Gasteiger partial charge on any atom is -0.460 e. The van der Waals surface area contributed by atoms with Crippen LogP contribution in [0.15, 0.2) is 34.7 Å². The SMILES string of the molecule is CC(C(=O)N1CCNCC1)c1cc2ccccc2o1. The smallest absolute Gasteiger partial charge is 0.233 e. The van der Waals surface area contributed by atoms with Crippen LogP contribution >= 0.6 is 0 Å². The highest BCUT2D eigenvalue weighted by Gasteiger charge is 2.25. The lowest BCUT2D eigenvalue weighted by molar-refractivity contribution is -0.133. The van der Waals surface area contributed by atoms with Gasteiger partial charge in [0, 0.05) is 31.6 Å². The van der Waals surface area contributed by atoms with Crippen molar-refractivity contribution in [2.45, 2.75) is 12.8 Å². The van der Waals surface area contributed by atoms with E-state index in [-0.39, 0.29) is 11.8 Å². The van der Waals surface area contributed by atoms with E-state index in [2.05, 4.69) is 5.32 Å². The third kappa shape index (κ3) is 2.36. The summed E-state index contributed by atoms with van der Waals surface area (Å²) in [5.74, 6) is 0.691. The summed E-state index contributed by atoms with van der Waals surface area (Å²) in [7, 11) is 0. The average molecular weight is 258 g/mol. The maximum Gasteiger partial charge on any atom is 0.233 e. The predicted molar refractivity (Wildman–Crippen MR) is 74.1 cm³/mol. The number of benzene rings is 1. The topological polar surface area (TPSA) is 45.5 Å². The number of carbonyl (C=O) groups excluding carboxylic acids is 1. The largest absolute Gasteiger partial charge is 0.460 e. The number of amides is 1. The van der Waals surface area contributed by atoms with Gasteiger partial charge in [-0.3, -0.25) is 4.79 Å². The molecule has 100 valence electrons. The number of rotatable bonds is 2. The Morgan fingerprint density at radius 1 is 1.32 bits per heavy atom. The van der Waals surface area contributed by atoms with Crippen LogP contribution in [0.2, 0.25) is 0 Å². The summed E-state index contributed by atoms with van der Waals surface area (Å²) in [4.78, 5) is 14.3. The molecule has 1 aromatic heterocycles. The lowest BCUT2D eigenvalue weighted by atomic mass is 10.1. The Kier molecular flexibility index (Phi) is 3.25. The van der Waals surface area contributed by atoms with Crippen LogP contribution in [-0.2, 0) is 4.79 Å². The monoisotopic (exact) mass is 258 g/mol. The summed E-state index contributed by atoms with van der Waals surface area (Å²) in [6, 6.07) is 9.83. The Labute approximate surface area is 112 Å². The summed E-state index contributed by atoms with van der Waals surface area (Å²) in [5, 5.41) is 4.31. The molecular weight excluding hydrogens is 240 g/mol. The van der Waals surface area contributed by atoms with Gasteiger partial charge in [0.15, 0.2) is 0 Å². The molecule has 0 bridgehead atoms. The normalized spacial score (nSPS) is 17.6. The molecule has 0 saturated carbocycles. The molecule has 1 amide bonds. The summed E-state index contributed by atoms with van der Waals surface area (Å²) in [5.41, 5.74) is 0.845. The maximum absolute atomic E-state index is 12.4. The fourth-order valence-corrected chi connectivity index (χ4v) is 2.50. The molecule has 19 heavy (non-hydrogen) atoms. The van der Waals surface area contributed by atoms with E-state index < -0.39 is 0 Å². The lowest BCUT2D eigenvalue weighted by Gasteiger charge is -2.29. The molecule has 1 N–H and O–H groups in total. The number of piperazine rings is 1. The van der Waals surface area contributed by atoms with Crippen molar-refractivity contribution in [1.29, 1.82) is 0 Å². The van der Waals surface area contributed by atoms with E-state index in [0.29, 0.717) is 0 Å². The first-order valence-electron chi connectivity index (χ1n) is 6.73. The number of hydrogen-bond acceptors (Lipinski definition) is 3. The highest BCUT2D eigenvalue weighted by Crippen LogP contribution is 2.26. The summed E-state index contributed by atoms with van der Waals surface area (Å²) >= 11 is 0. The van der Waals surface area contributed by atoms with Gasteiger partial charge in [0.1, 0.15) is 11.3 Å². The Hall–Kier alpha value is -1.81. The van der Waals surface area contributed by atoms with E-state index in [4.69, 9.17) is 4.42 Å². The fourth-order valence-electron chi connectivity index (χ4n) is 2.50. The number of carbonyl (C=O) groups is 1. The van der Waals surface area contributed by atoms with Crippen LogP contribution in [-0.4, -0.2) is 37.0 Å². The van der Waals surface area contributed by atoms with Gasteiger partial charge in [0.2, 0.25) is 5.91 Å². The van der Waals surface area contributed by atoms with Crippen molar-refractivity contribution < 1.29 is 9.21 Å². The molecule has 0 spiro atoms. The Morgan fingerprint density at radius 3 is 2.79 bits per heavy atom. The molecule has 1 atom stereocenters. The van der Waals surface area contributed by atoms with Crippen molar-refractivity contribution in [1.82, 2.24) is 10.2 Å². The van der Waals surface area contributed by atoms with Gasteiger partial charge in [-0.25, -0.2) is 0 Å². The number of furan rings is 1.